The minimum Gasteiger partial charge on any atom is -0.480 e. The molecule has 2 unspecified atom stereocenters. The molecule has 19 heavy (non-hydrogen) atoms. The van der Waals surface area contributed by atoms with Crippen molar-refractivity contribution in [3.8, 4) is 6.07 Å². The normalized spacial score (nSPS) is 18.9. The summed E-state index contributed by atoms with van der Waals surface area (Å²) in [6, 6.07) is 2.83. The first-order chi connectivity index (χ1) is 8.90. The fraction of sp³-hybridized carbons (Fsp3) is 0.250. The lowest BCUT2D eigenvalue weighted by Crippen LogP contribution is -2.41. The van der Waals surface area contributed by atoms with Crippen LogP contribution in [-0.4, -0.2) is 27.9 Å². The Balaban J connectivity index is 2.61. The average molecular weight is 299 g/mol. The highest BCUT2D eigenvalue weighted by Gasteiger charge is 2.43. The molecular formula is C12H8Cl2N2O3. The molecule has 1 aromatic rings. The Labute approximate surface area is 118 Å². The second-order valence-corrected chi connectivity index (χ2v) is 4.87. The molecule has 5 nitrogen and oxygen atoms in total. The summed E-state index contributed by atoms with van der Waals surface area (Å²) in [4.78, 5) is 24.3. The van der Waals surface area contributed by atoms with Gasteiger partial charge in [-0.15, -0.1) is 0 Å². The summed E-state index contributed by atoms with van der Waals surface area (Å²) >= 11 is 11.8. The van der Waals surface area contributed by atoms with Gasteiger partial charge in [-0.1, -0.05) is 29.3 Å². The highest BCUT2D eigenvalue weighted by Crippen LogP contribution is 2.41. The summed E-state index contributed by atoms with van der Waals surface area (Å²) in [5.41, 5.74) is 0.490. The van der Waals surface area contributed by atoms with Crippen LogP contribution in [0.4, 0.5) is 0 Å². The Hall–Kier alpha value is -1.77. The van der Waals surface area contributed by atoms with Crippen LogP contribution < -0.4 is 0 Å². The van der Waals surface area contributed by atoms with Gasteiger partial charge in [0.2, 0.25) is 0 Å². The van der Waals surface area contributed by atoms with Gasteiger partial charge in [0, 0.05) is 5.56 Å². The number of nitrogens with zero attached hydrogens (tertiary/aromatic N) is 2. The quantitative estimate of drug-likeness (QED) is 0.909. The fourth-order valence-electron chi connectivity index (χ4n) is 2.06. The van der Waals surface area contributed by atoms with Gasteiger partial charge in [-0.25, -0.2) is 4.79 Å². The number of benzene rings is 1. The summed E-state index contributed by atoms with van der Waals surface area (Å²) in [7, 11) is 0. The van der Waals surface area contributed by atoms with Gasteiger partial charge in [-0.3, -0.25) is 4.79 Å². The van der Waals surface area contributed by atoms with E-state index in [1.54, 1.807) is 0 Å². The van der Waals surface area contributed by atoms with E-state index in [0.29, 0.717) is 5.56 Å². The summed E-state index contributed by atoms with van der Waals surface area (Å²) in [5.74, 6) is -1.78. The SMILES string of the molecule is CC(C(=O)O)N1C(=O)c2c(ccc(Cl)c2Cl)C1C#N. The second-order valence-electron chi connectivity index (χ2n) is 4.08. The number of nitriles is 1. The number of carbonyl (C=O) groups is 2. The summed E-state index contributed by atoms with van der Waals surface area (Å²) in [6.07, 6.45) is 0. The first-order valence-electron chi connectivity index (χ1n) is 5.33. The first-order valence-corrected chi connectivity index (χ1v) is 6.08. The maximum Gasteiger partial charge on any atom is 0.326 e. The number of hydrogen-bond donors (Lipinski definition) is 1. The molecule has 1 amide bonds. The van der Waals surface area contributed by atoms with Crippen LogP contribution in [0.5, 0.6) is 0 Å². The van der Waals surface area contributed by atoms with E-state index in [9.17, 15) is 14.9 Å². The average Bonchev–Trinajstić information content (AvgIpc) is 2.65. The Morgan fingerprint density at radius 1 is 1.53 bits per heavy atom. The molecule has 0 aliphatic carbocycles. The van der Waals surface area contributed by atoms with Crippen molar-refractivity contribution in [2.24, 2.45) is 0 Å². The molecule has 1 heterocycles. The third-order valence-electron chi connectivity index (χ3n) is 3.05. The van der Waals surface area contributed by atoms with Gasteiger partial charge in [0.1, 0.15) is 12.1 Å². The number of carboxylic acid groups (broad SMARTS) is 1. The fourth-order valence-corrected chi connectivity index (χ4v) is 2.47. The van der Waals surface area contributed by atoms with Crippen molar-refractivity contribution in [1.82, 2.24) is 4.90 Å². The van der Waals surface area contributed by atoms with Crippen molar-refractivity contribution in [3.63, 3.8) is 0 Å². The van der Waals surface area contributed by atoms with E-state index >= 15 is 0 Å². The molecule has 1 aliphatic rings. The molecular weight excluding hydrogens is 291 g/mol. The predicted octanol–water partition coefficient (Wildman–Crippen LogP) is 2.49. The van der Waals surface area contributed by atoms with Crippen LogP contribution in [0.3, 0.4) is 0 Å². The number of fused-ring (bicyclic) bond motifs is 1. The lowest BCUT2D eigenvalue weighted by Gasteiger charge is -2.24. The minimum atomic E-state index is -1.19. The van der Waals surface area contributed by atoms with Crippen LogP contribution in [0, 0.1) is 11.3 Å². The Morgan fingerprint density at radius 3 is 2.68 bits per heavy atom. The molecule has 0 saturated heterocycles. The van der Waals surface area contributed by atoms with Gasteiger partial charge in [-0.2, -0.15) is 5.26 Å². The molecule has 98 valence electrons. The third kappa shape index (κ3) is 1.93. The van der Waals surface area contributed by atoms with E-state index in [1.807, 2.05) is 6.07 Å². The molecule has 1 aliphatic heterocycles. The molecule has 2 rings (SSSR count). The zero-order valence-corrected chi connectivity index (χ0v) is 11.2. The van der Waals surface area contributed by atoms with Crippen molar-refractivity contribution in [3.05, 3.63) is 33.3 Å². The zero-order chi connectivity index (χ0) is 14.3. The highest BCUT2D eigenvalue weighted by molar-refractivity contribution is 6.44. The van der Waals surface area contributed by atoms with E-state index in [-0.39, 0.29) is 15.6 Å². The predicted molar refractivity (Wildman–Crippen MR) is 68.1 cm³/mol. The van der Waals surface area contributed by atoms with Crippen LogP contribution in [-0.2, 0) is 4.79 Å². The van der Waals surface area contributed by atoms with Crippen LogP contribution in [0.15, 0.2) is 12.1 Å². The van der Waals surface area contributed by atoms with Gasteiger partial charge in [0.15, 0.2) is 0 Å². The van der Waals surface area contributed by atoms with Gasteiger partial charge in [-0.05, 0) is 13.0 Å². The van der Waals surface area contributed by atoms with Gasteiger partial charge >= 0.3 is 5.97 Å². The molecule has 1 aromatic carbocycles. The van der Waals surface area contributed by atoms with Crippen LogP contribution >= 0.6 is 23.2 Å². The maximum absolute atomic E-state index is 12.3. The van der Waals surface area contributed by atoms with E-state index in [2.05, 4.69) is 0 Å². The molecule has 0 aromatic heterocycles. The number of halogens is 2. The van der Waals surface area contributed by atoms with Crippen LogP contribution in [0.25, 0.3) is 0 Å². The molecule has 0 fully saturated rings. The summed E-state index contributed by atoms with van der Waals surface area (Å²) in [6.45, 7) is 1.34. The number of carbonyl (C=O) groups excluding carboxylic acids is 1. The Bertz CT molecular complexity index is 624. The number of rotatable bonds is 2. The van der Waals surface area contributed by atoms with E-state index < -0.39 is 24.0 Å². The van der Waals surface area contributed by atoms with Gasteiger partial charge in [0.25, 0.3) is 5.91 Å². The minimum absolute atomic E-state index is 0.0458. The van der Waals surface area contributed by atoms with Crippen molar-refractivity contribution in [2.75, 3.05) is 0 Å². The molecule has 7 heteroatoms. The van der Waals surface area contributed by atoms with E-state index in [1.165, 1.54) is 19.1 Å². The molecule has 1 N–H and O–H groups in total. The summed E-state index contributed by atoms with van der Waals surface area (Å²) in [5, 5.41) is 18.4. The smallest absolute Gasteiger partial charge is 0.326 e. The van der Waals surface area contributed by atoms with Crippen molar-refractivity contribution < 1.29 is 14.7 Å². The highest BCUT2D eigenvalue weighted by atomic mass is 35.5. The molecule has 0 saturated carbocycles. The maximum atomic E-state index is 12.3. The Morgan fingerprint density at radius 2 is 2.16 bits per heavy atom. The topological polar surface area (TPSA) is 81.4 Å². The third-order valence-corrected chi connectivity index (χ3v) is 3.85. The van der Waals surface area contributed by atoms with E-state index in [4.69, 9.17) is 28.3 Å². The van der Waals surface area contributed by atoms with Crippen molar-refractivity contribution in [2.45, 2.75) is 19.0 Å². The number of hydrogen-bond acceptors (Lipinski definition) is 3. The zero-order valence-electron chi connectivity index (χ0n) is 9.72. The van der Waals surface area contributed by atoms with Crippen molar-refractivity contribution >= 4 is 35.1 Å². The molecule has 0 bridgehead atoms. The van der Waals surface area contributed by atoms with E-state index in [0.717, 1.165) is 4.90 Å². The molecule has 2 atom stereocenters. The lowest BCUT2D eigenvalue weighted by atomic mass is 10.1. The van der Waals surface area contributed by atoms with Gasteiger partial charge in [0.05, 0.1) is 21.7 Å². The number of aliphatic carboxylic acids is 1. The monoisotopic (exact) mass is 298 g/mol. The molecule has 0 spiro atoms. The van der Waals surface area contributed by atoms with Crippen LogP contribution in [0.1, 0.15) is 28.9 Å². The largest absolute Gasteiger partial charge is 0.480 e. The summed E-state index contributed by atoms with van der Waals surface area (Å²) < 4.78 is 0. The number of carboxylic acids is 1. The van der Waals surface area contributed by atoms with Crippen molar-refractivity contribution in [1.29, 1.82) is 5.26 Å². The first kappa shape index (κ1) is 13.7. The van der Waals surface area contributed by atoms with Crippen LogP contribution in [0.2, 0.25) is 10.0 Å². The second kappa shape index (κ2) is 4.72. The number of amides is 1. The standard InChI is InChI=1S/C12H8Cl2N2O3/c1-5(12(18)19)16-8(4-15)6-2-3-7(13)10(14)9(6)11(16)17/h2-3,5,8H,1H3,(H,18,19). The van der Waals surface area contributed by atoms with Gasteiger partial charge < -0.3 is 10.0 Å². The lowest BCUT2D eigenvalue weighted by molar-refractivity contribution is -0.142. The molecule has 0 radical (unpaired) electrons. The Kier molecular flexibility index (Phi) is 3.40.